The molecule has 0 aromatic carbocycles. The molecule has 0 aromatic heterocycles. The van der Waals surface area contributed by atoms with Gasteiger partial charge in [-0.05, 0) is 0 Å². The SMILES string of the molecule is CC(=O)C([C+]=O)C(C)=O. The van der Waals surface area contributed by atoms with Gasteiger partial charge in [0.05, 0.1) is 0 Å². The lowest BCUT2D eigenvalue weighted by atomic mass is 10.0. The third-order valence-electron chi connectivity index (χ3n) is 0.931. The molecule has 0 heterocycles. The highest BCUT2D eigenvalue weighted by Gasteiger charge is 2.32. The lowest BCUT2D eigenvalue weighted by Gasteiger charge is -1.84. The second-order valence-electron chi connectivity index (χ2n) is 1.77. The number of Topliss-reactive ketones (excluding diaryl/α,β-unsaturated/α-hetero) is 2. The maximum atomic E-state index is 10.3. The first-order valence-corrected chi connectivity index (χ1v) is 2.48. The molecule has 3 nitrogen and oxygen atoms in total. The van der Waals surface area contributed by atoms with Crippen molar-refractivity contribution in [1.29, 1.82) is 0 Å². The first-order chi connectivity index (χ1) is 4.09. The van der Waals surface area contributed by atoms with Crippen LogP contribution in [0.3, 0.4) is 0 Å². The van der Waals surface area contributed by atoms with E-state index >= 15 is 0 Å². The summed E-state index contributed by atoms with van der Waals surface area (Å²) in [5, 5.41) is 0. The number of hydrogen-bond donors (Lipinski definition) is 0. The molecular formula is C6H7O3+. The molecule has 0 bridgehead atoms. The van der Waals surface area contributed by atoms with Gasteiger partial charge in [0, 0.05) is 18.6 Å². The summed E-state index contributed by atoms with van der Waals surface area (Å²) in [4.78, 5) is 30.5. The minimum Gasteiger partial charge on any atom is -0.293 e. The van der Waals surface area contributed by atoms with Crippen LogP contribution in [0.1, 0.15) is 13.8 Å². The smallest absolute Gasteiger partial charge is 0.293 e. The van der Waals surface area contributed by atoms with Gasteiger partial charge in [-0.3, -0.25) is 9.59 Å². The van der Waals surface area contributed by atoms with Gasteiger partial charge in [0.1, 0.15) is 0 Å². The predicted molar refractivity (Wildman–Crippen MR) is 30.5 cm³/mol. The molecule has 0 amide bonds. The first-order valence-electron chi connectivity index (χ1n) is 2.48. The van der Waals surface area contributed by atoms with Crippen LogP contribution >= 0.6 is 0 Å². The lowest BCUT2D eigenvalue weighted by Crippen LogP contribution is -2.20. The van der Waals surface area contributed by atoms with Gasteiger partial charge in [0.15, 0.2) is 11.6 Å². The standard InChI is InChI=1S/C6H7O3/c1-4(8)6(3-7)5(2)9/h6H,1-2H3/q+1. The number of ketones is 2. The van der Waals surface area contributed by atoms with Gasteiger partial charge < -0.3 is 0 Å². The Balaban J connectivity index is 4.16. The van der Waals surface area contributed by atoms with E-state index in [9.17, 15) is 14.4 Å². The molecule has 3 heteroatoms. The molecule has 0 aliphatic carbocycles. The Morgan fingerprint density at radius 1 is 1.22 bits per heavy atom. The summed E-state index contributed by atoms with van der Waals surface area (Å²) in [7, 11) is 0. The molecular weight excluding hydrogens is 120 g/mol. The highest BCUT2D eigenvalue weighted by Crippen LogP contribution is 1.93. The Labute approximate surface area is 53.0 Å². The van der Waals surface area contributed by atoms with E-state index < -0.39 is 17.5 Å². The predicted octanol–water partition coefficient (Wildman–Crippen LogP) is -0.110. The van der Waals surface area contributed by atoms with Crippen LogP contribution in [-0.4, -0.2) is 17.9 Å². The maximum absolute atomic E-state index is 10.3. The highest BCUT2D eigenvalue weighted by molar-refractivity contribution is 6.11. The van der Waals surface area contributed by atoms with Crippen molar-refractivity contribution in [3.05, 3.63) is 0 Å². The Kier molecular flexibility index (Phi) is 2.68. The Morgan fingerprint density at radius 2 is 1.56 bits per heavy atom. The van der Waals surface area contributed by atoms with Gasteiger partial charge in [-0.1, -0.05) is 0 Å². The van der Waals surface area contributed by atoms with Crippen molar-refractivity contribution >= 4 is 17.9 Å². The normalized spacial score (nSPS) is 8.78. The molecule has 0 spiro atoms. The van der Waals surface area contributed by atoms with Gasteiger partial charge in [0.25, 0.3) is 0 Å². The molecule has 0 saturated heterocycles. The van der Waals surface area contributed by atoms with Gasteiger partial charge in [0.2, 0.25) is 0 Å². The van der Waals surface area contributed by atoms with Crippen LogP contribution < -0.4 is 0 Å². The van der Waals surface area contributed by atoms with E-state index in [1.54, 1.807) is 0 Å². The average molecular weight is 127 g/mol. The van der Waals surface area contributed by atoms with Gasteiger partial charge in [-0.2, -0.15) is 0 Å². The van der Waals surface area contributed by atoms with E-state index in [1.807, 2.05) is 0 Å². The van der Waals surface area contributed by atoms with Gasteiger partial charge in [-0.15, -0.1) is 0 Å². The van der Waals surface area contributed by atoms with Crippen molar-refractivity contribution in [2.24, 2.45) is 5.92 Å². The third-order valence-corrected chi connectivity index (χ3v) is 0.931. The Morgan fingerprint density at radius 3 is 1.56 bits per heavy atom. The van der Waals surface area contributed by atoms with Crippen LogP contribution in [0.4, 0.5) is 0 Å². The zero-order chi connectivity index (χ0) is 7.44. The lowest BCUT2D eigenvalue weighted by molar-refractivity contribution is -0.127. The molecule has 0 radical (unpaired) electrons. The zero-order valence-electron chi connectivity index (χ0n) is 5.30. The Bertz CT molecular complexity index is 134. The van der Waals surface area contributed by atoms with Crippen molar-refractivity contribution < 1.29 is 14.4 Å². The van der Waals surface area contributed by atoms with Crippen molar-refractivity contribution in [2.75, 3.05) is 0 Å². The quantitative estimate of drug-likeness (QED) is 0.392. The van der Waals surface area contributed by atoms with Crippen LogP contribution in [0.25, 0.3) is 0 Å². The summed E-state index contributed by atoms with van der Waals surface area (Å²) in [6.45, 7) is 2.38. The van der Waals surface area contributed by atoms with Crippen molar-refractivity contribution in [1.82, 2.24) is 0 Å². The fourth-order valence-corrected chi connectivity index (χ4v) is 0.452. The molecule has 9 heavy (non-hydrogen) atoms. The number of rotatable bonds is 3. The van der Waals surface area contributed by atoms with Crippen LogP contribution in [0, 0.1) is 5.92 Å². The minimum absolute atomic E-state index is 0.447. The van der Waals surface area contributed by atoms with Crippen LogP contribution in [0.15, 0.2) is 0 Å². The van der Waals surface area contributed by atoms with E-state index in [2.05, 4.69) is 0 Å². The molecule has 0 rings (SSSR count). The summed E-state index contributed by atoms with van der Waals surface area (Å²) < 4.78 is 0. The molecule has 0 fully saturated rings. The van der Waals surface area contributed by atoms with E-state index in [-0.39, 0.29) is 0 Å². The van der Waals surface area contributed by atoms with Gasteiger partial charge in [-0.25, -0.2) is 0 Å². The summed E-state index contributed by atoms with van der Waals surface area (Å²) in [6, 6.07) is 0. The molecule has 0 aliphatic rings. The molecule has 0 aromatic rings. The van der Waals surface area contributed by atoms with Crippen LogP contribution in [-0.2, 0) is 14.4 Å². The van der Waals surface area contributed by atoms with Crippen molar-refractivity contribution in [3.8, 4) is 0 Å². The second kappa shape index (κ2) is 3.05. The average Bonchev–Trinajstić information content (AvgIpc) is 1.64. The number of carbonyl (C=O) groups is 2. The maximum Gasteiger partial charge on any atom is 0.526 e. The first kappa shape index (κ1) is 7.92. The Hall–Kier alpha value is -1.08. The topological polar surface area (TPSA) is 51.2 Å². The fourth-order valence-electron chi connectivity index (χ4n) is 0.452. The number of carbonyl (C=O) groups excluding carboxylic acids is 3. The van der Waals surface area contributed by atoms with E-state index in [0.29, 0.717) is 0 Å². The molecule has 0 N–H and O–H groups in total. The van der Waals surface area contributed by atoms with Gasteiger partial charge >= 0.3 is 12.2 Å². The highest BCUT2D eigenvalue weighted by atomic mass is 16.2. The second-order valence-corrected chi connectivity index (χ2v) is 1.77. The minimum atomic E-state index is -1.16. The molecule has 48 valence electrons. The fraction of sp³-hybridized carbons (Fsp3) is 0.500. The summed E-state index contributed by atoms with van der Waals surface area (Å²) >= 11 is 0. The molecule has 0 unspecified atom stereocenters. The van der Waals surface area contributed by atoms with E-state index in [4.69, 9.17) is 0 Å². The summed E-state index contributed by atoms with van der Waals surface area (Å²) in [6.07, 6.45) is 1.35. The largest absolute Gasteiger partial charge is 0.526 e. The zero-order valence-corrected chi connectivity index (χ0v) is 5.30. The summed E-state index contributed by atoms with van der Waals surface area (Å²) in [5.74, 6) is -2.06. The van der Waals surface area contributed by atoms with E-state index in [1.165, 1.54) is 20.1 Å². The van der Waals surface area contributed by atoms with E-state index in [0.717, 1.165) is 0 Å². The molecule has 0 atom stereocenters. The van der Waals surface area contributed by atoms with Crippen LogP contribution in [0.2, 0.25) is 0 Å². The monoisotopic (exact) mass is 127 g/mol. The number of hydrogen-bond acceptors (Lipinski definition) is 3. The third kappa shape index (κ3) is 2.11. The van der Waals surface area contributed by atoms with Crippen LogP contribution in [0.5, 0.6) is 0 Å². The summed E-state index contributed by atoms with van der Waals surface area (Å²) in [5.41, 5.74) is 0. The van der Waals surface area contributed by atoms with Crippen molar-refractivity contribution in [2.45, 2.75) is 13.8 Å². The van der Waals surface area contributed by atoms with Crippen molar-refractivity contribution in [3.63, 3.8) is 0 Å². The molecule has 0 saturated carbocycles. The molecule has 0 aliphatic heterocycles.